The Morgan fingerprint density at radius 3 is 2.62 bits per heavy atom. The van der Waals surface area contributed by atoms with Gasteiger partial charge in [-0.2, -0.15) is 0 Å². The number of fused-ring (bicyclic) bond motifs is 4. The molecule has 160 valence electrons. The van der Waals surface area contributed by atoms with Crippen molar-refractivity contribution in [3.63, 3.8) is 0 Å². The Bertz CT molecular complexity index is 777. The lowest BCUT2D eigenvalue weighted by molar-refractivity contribution is -0.160. The number of esters is 1. The molecule has 5 rings (SSSR count). The van der Waals surface area contributed by atoms with Crippen LogP contribution in [0.3, 0.4) is 0 Å². The summed E-state index contributed by atoms with van der Waals surface area (Å²) < 4.78 is 5.72. The van der Waals surface area contributed by atoms with E-state index in [2.05, 4.69) is 19.9 Å². The summed E-state index contributed by atoms with van der Waals surface area (Å²) in [6.07, 6.45) is 8.57. The molecule has 0 bridgehead atoms. The van der Waals surface area contributed by atoms with Gasteiger partial charge in [-0.05, 0) is 75.0 Å². The van der Waals surface area contributed by atoms with Crippen molar-refractivity contribution in [2.24, 2.45) is 34.5 Å². The number of carbonyl (C=O) groups is 2. The van der Waals surface area contributed by atoms with E-state index in [1.165, 1.54) is 5.57 Å². The van der Waals surface area contributed by atoms with E-state index in [0.29, 0.717) is 11.8 Å². The van der Waals surface area contributed by atoms with Crippen molar-refractivity contribution in [2.75, 3.05) is 7.05 Å². The van der Waals surface area contributed by atoms with Gasteiger partial charge in [-0.25, -0.2) is 0 Å². The van der Waals surface area contributed by atoms with Crippen molar-refractivity contribution in [3.8, 4) is 0 Å². The van der Waals surface area contributed by atoms with Gasteiger partial charge in [0.1, 0.15) is 6.10 Å². The maximum Gasteiger partial charge on any atom is 0.313 e. The van der Waals surface area contributed by atoms with Gasteiger partial charge in [-0.15, -0.1) is 0 Å². The van der Waals surface area contributed by atoms with E-state index >= 15 is 0 Å². The van der Waals surface area contributed by atoms with Crippen LogP contribution in [0.15, 0.2) is 11.6 Å². The van der Waals surface area contributed by atoms with Crippen LogP contribution in [0.5, 0.6) is 0 Å². The molecule has 9 atom stereocenters. The van der Waals surface area contributed by atoms with Crippen molar-refractivity contribution in [1.82, 2.24) is 4.90 Å². The van der Waals surface area contributed by atoms with Crippen LogP contribution in [0, 0.1) is 34.5 Å². The molecule has 4 aliphatic carbocycles. The Kier molecular flexibility index (Phi) is 4.27. The van der Waals surface area contributed by atoms with Crippen molar-refractivity contribution in [2.45, 2.75) is 84.0 Å². The third-order valence-corrected chi connectivity index (χ3v) is 9.96. The molecule has 1 N–H and O–H groups in total. The van der Waals surface area contributed by atoms with Gasteiger partial charge in [0.05, 0.1) is 11.5 Å². The molecule has 5 aliphatic rings. The van der Waals surface area contributed by atoms with Crippen LogP contribution >= 0.6 is 0 Å². The molecule has 0 aromatic carbocycles. The van der Waals surface area contributed by atoms with Crippen LogP contribution < -0.4 is 0 Å². The third-order valence-electron chi connectivity index (χ3n) is 9.96. The van der Waals surface area contributed by atoms with Gasteiger partial charge in [-0.3, -0.25) is 9.59 Å². The molecular weight excluding hydrogens is 366 g/mol. The Morgan fingerprint density at radius 1 is 1.17 bits per heavy atom. The van der Waals surface area contributed by atoms with Crippen LogP contribution in [0.4, 0.5) is 0 Å². The van der Waals surface area contributed by atoms with Gasteiger partial charge in [0, 0.05) is 25.9 Å². The number of carbonyl (C=O) groups excluding carboxylic acids is 2. The summed E-state index contributed by atoms with van der Waals surface area (Å²) in [4.78, 5) is 26.7. The lowest BCUT2D eigenvalue weighted by atomic mass is 9.46. The Labute approximate surface area is 173 Å². The highest BCUT2D eigenvalue weighted by atomic mass is 16.6. The number of ether oxygens (including phenoxy) is 1. The number of aliphatic hydroxyl groups is 1. The third kappa shape index (κ3) is 2.43. The van der Waals surface area contributed by atoms with Crippen LogP contribution in [-0.4, -0.2) is 47.2 Å². The standard InChI is InChI=1S/C24H35NO4/c1-13-17-5-6-19-21-18(8-10-24(17,19)22(28)29-13)23(3)9-7-16(25(4)14(2)26)11-15(23)12-20(21)27/h12-13,16-21,27H,5-11H2,1-4H3/t13-,16-,17+,18-,19-,20-,21+,23-,24-/m0/s1. The second-order valence-corrected chi connectivity index (χ2v) is 10.8. The lowest BCUT2D eigenvalue weighted by Gasteiger charge is -2.58. The highest BCUT2D eigenvalue weighted by Gasteiger charge is 2.69. The van der Waals surface area contributed by atoms with Crippen LogP contribution in [-0.2, 0) is 14.3 Å². The number of hydrogen-bond donors (Lipinski definition) is 1. The van der Waals surface area contributed by atoms with E-state index in [1.807, 2.05) is 11.9 Å². The van der Waals surface area contributed by atoms with Gasteiger partial charge in [-0.1, -0.05) is 18.6 Å². The molecule has 0 aromatic rings. The summed E-state index contributed by atoms with van der Waals surface area (Å²) in [6, 6.07) is 0.229. The molecule has 5 heteroatoms. The predicted molar refractivity (Wildman–Crippen MR) is 109 cm³/mol. The lowest BCUT2D eigenvalue weighted by Crippen LogP contribution is -2.57. The Morgan fingerprint density at radius 2 is 1.90 bits per heavy atom. The summed E-state index contributed by atoms with van der Waals surface area (Å²) in [5, 5.41) is 11.3. The van der Waals surface area contributed by atoms with Crippen molar-refractivity contribution in [3.05, 3.63) is 11.6 Å². The van der Waals surface area contributed by atoms with E-state index in [1.54, 1.807) is 6.92 Å². The monoisotopic (exact) mass is 401 g/mol. The second-order valence-electron chi connectivity index (χ2n) is 10.8. The molecule has 3 saturated carbocycles. The van der Waals surface area contributed by atoms with E-state index < -0.39 is 6.10 Å². The smallest absolute Gasteiger partial charge is 0.313 e. The largest absolute Gasteiger partial charge is 0.462 e. The van der Waals surface area contributed by atoms with Crippen molar-refractivity contribution in [1.29, 1.82) is 0 Å². The van der Waals surface area contributed by atoms with Crippen LogP contribution in [0.1, 0.15) is 65.7 Å². The first-order valence-corrected chi connectivity index (χ1v) is 11.5. The maximum absolute atomic E-state index is 13.0. The first-order chi connectivity index (χ1) is 13.7. The Hall–Kier alpha value is -1.36. The van der Waals surface area contributed by atoms with E-state index in [4.69, 9.17) is 4.74 Å². The molecule has 1 saturated heterocycles. The molecule has 1 amide bonds. The number of rotatable bonds is 1. The van der Waals surface area contributed by atoms with Crippen LogP contribution in [0.25, 0.3) is 0 Å². The minimum absolute atomic E-state index is 0.00914. The fourth-order valence-electron chi connectivity index (χ4n) is 8.36. The molecule has 1 heterocycles. The first kappa shape index (κ1) is 19.6. The highest BCUT2D eigenvalue weighted by Crippen LogP contribution is 2.68. The quantitative estimate of drug-likeness (QED) is 0.541. The fraction of sp³-hybridized carbons (Fsp3) is 0.833. The van der Waals surface area contributed by atoms with E-state index in [-0.39, 0.29) is 46.7 Å². The zero-order valence-corrected chi connectivity index (χ0v) is 18.2. The number of aliphatic hydroxyl groups excluding tert-OH is 1. The summed E-state index contributed by atoms with van der Waals surface area (Å²) in [5.74, 6) is 1.26. The zero-order valence-electron chi connectivity index (χ0n) is 18.2. The van der Waals surface area contributed by atoms with Gasteiger partial charge in [0.25, 0.3) is 0 Å². The summed E-state index contributed by atoms with van der Waals surface area (Å²) in [5.41, 5.74) is 1.06. The average Bonchev–Trinajstić information content (AvgIpc) is 3.18. The summed E-state index contributed by atoms with van der Waals surface area (Å²) in [7, 11) is 1.90. The van der Waals surface area contributed by atoms with Crippen molar-refractivity contribution < 1.29 is 19.4 Å². The Balaban J connectivity index is 1.48. The molecule has 1 aliphatic heterocycles. The van der Waals surface area contributed by atoms with Gasteiger partial charge >= 0.3 is 5.97 Å². The van der Waals surface area contributed by atoms with E-state index in [0.717, 1.165) is 44.9 Å². The molecule has 0 radical (unpaired) electrons. The van der Waals surface area contributed by atoms with Crippen LogP contribution in [0.2, 0.25) is 0 Å². The minimum Gasteiger partial charge on any atom is -0.462 e. The maximum atomic E-state index is 13.0. The molecule has 5 nitrogen and oxygen atoms in total. The zero-order chi connectivity index (χ0) is 20.7. The van der Waals surface area contributed by atoms with Gasteiger partial charge in [0.2, 0.25) is 5.91 Å². The highest BCUT2D eigenvalue weighted by molar-refractivity contribution is 5.81. The summed E-state index contributed by atoms with van der Waals surface area (Å²) in [6.45, 7) is 6.06. The van der Waals surface area contributed by atoms with Gasteiger partial charge < -0.3 is 14.7 Å². The fourth-order valence-corrected chi connectivity index (χ4v) is 8.36. The minimum atomic E-state index is -0.492. The predicted octanol–water partition coefficient (Wildman–Crippen LogP) is 3.31. The summed E-state index contributed by atoms with van der Waals surface area (Å²) >= 11 is 0. The number of cyclic esters (lactones) is 1. The molecule has 4 fully saturated rings. The SMILES string of the molecule is CC(=O)N(C)[C@H]1CC[C@@]2(C)C(=C[C@H](O)[C@H]3[C@@H]4CC[C@@H]5[C@H](C)OC(=O)[C@@]54CC[C@@H]32)C1. The normalized spacial score (nSPS) is 50.6. The number of hydrogen-bond acceptors (Lipinski definition) is 4. The van der Waals surface area contributed by atoms with E-state index in [9.17, 15) is 14.7 Å². The number of amides is 1. The number of nitrogens with zero attached hydrogens (tertiary/aromatic N) is 1. The molecule has 0 aromatic heterocycles. The van der Waals surface area contributed by atoms with Gasteiger partial charge in [0.15, 0.2) is 0 Å². The van der Waals surface area contributed by atoms with Crippen molar-refractivity contribution >= 4 is 11.9 Å². The molecule has 1 spiro atoms. The molecular formula is C24H35NO4. The topological polar surface area (TPSA) is 66.8 Å². The first-order valence-electron chi connectivity index (χ1n) is 11.5. The molecule has 29 heavy (non-hydrogen) atoms. The average molecular weight is 402 g/mol. The molecule has 0 unspecified atom stereocenters. The second kappa shape index (κ2) is 6.32.